The van der Waals surface area contributed by atoms with E-state index in [9.17, 15) is 0 Å². The van der Waals surface area contributed by atoms with Gasteiger partial charge in [-0.1, -0.05) is 24.3 Å². The molecular formula is C15H17BrN2. The molecule has 0 spiro atoms. The number of aromatic nitrogens is 1. The first-order valence-corrected chi connectivity index (χ1v) is 6.84. The average Bonchev–Trinajstić information content (AvgIpc) is 2.37. The number of hydrogen-bond acceptors (Lipinski definition) is 2. The topological polar surface area (TPSA) is 24.9 Å². The van der Waals surface area contributed by atoms with E-state index in [4.69, 9.17) is 0 Å². The summed E-state index contributed by atoms with van der Waals surface area (Å²) in [4.78, 5) is 4.17. The fraction of sp³-hybridized carbons (Fsp3) is 0.267. The van der Waals surface area contributed by atoms with E-state index in [0.29, 0.717) is 6.04 Å². The molecule has 1 N–H and O–H groups in total. The van der Waals surface area contributed by atoms with Crippen molar-refractivity contribution in [3.8, 4) is 0 Å². The number of halogens is 1. The second-order valence-electron chi connectivity index (χ2n) is 4.47. The molecule has 1 aromatic heterocycles. The highest BCUT2D eigenvalue weighted by Gasteiger charge is 2.07. The van der Waals surface area contributed by atoms with Crippen molar-refractivity contribution in [3.63, 3.8) is 0 Å². The normalized spacial score (nSPS) is 12.4. The molecule has 0 bridgehead atoms. The first-order chi connectivity index (χ1) is 8.66. The lowest BCUT2D eigenvalue weighted by molar-refractivity contribution is 0.571. The summed E-state index contributed by atoms with van der Waals surface area (Å²) in [6.45, 7) is 5.16. The smallest absolute Gasteiger partial charge is 0.0410 e. The minimum atomic E-state index is 0.338. The van der Waals surface area contributed by atoms with Gasteiger partial charge in [-0.2, -0.15) is 0 Å². The summed E-state index contributed by atoms with van der Waals surface area (Å²) in [5, 5.41) is 3.52. The molecule has 2 aromatic rings. The van der Waals surface area contributed by atoms with Crippen LogP contribution in [0, 0.1) is 6.92 Å². The molecule has 1 atom stereocenters. The fourth-order valence-electron chi connectivity index (χ4n) is 2.01. The molecule has 3 heteroatoms. The number of hydrogen-bond donors (Lipinski definition) is 1. The zero-order valence-electron chi connectivity index (χ0n) is 10.7. The van der Waals surface area contributed by atoms with Crippen molar-refractivity contribution < 1.29 is 0 Å². The molecule has 2 rings (SSSR count). The van der Waals surface area contributed by atoms with Crippen molar-refractivity contribution in [1.82, 2.24) is 10.3 Å². The molecule has 0 fully saturated rings. The molecule has 1 aromatic carbocycles. The van der Waals surface area contributed by atoms with Crippen LogP contribution in [0.25, 0.3) is 0 Å². The monoisotopic (exact) mass is 304 g/mol. The lowest BCUT2D eigenvalue weighted by Crippen LogP contribution is -2.18. The van der Waals surface area contributed by atoms with E-state index in [2.05, 4.69) is 70.4 Å². The van der Waals surface area contributed by atoms with Crippen molar-refractivity contribution in [1.29, 1.82) is 0 Å². The first-order valence-electron chi connectivity index (χ1n) is 6.05. The Morgan fingerprint density at radius 2 is 2.06 bits per heavy atom. The molecule has 0 unspecified atom stereocenters. The molecule has 0 saturated carbocycles. The molecule has 0 saturated heterocycles. The Hall–Kier alpha value is -1.19. The van der Waals surface area contributed by atoms with Gasteiger partial charge in [-0.25, -0.2) is 0 Å². The number of rotatable bonds is 4. The summed E-state index contributed by atoms with van der Waals surface area (Å²) < 4.78 is 1.02. The van der Waals surface area contributed by atoms with Gasteiger partial charge in [0.1, 0.15) is 0 Å². The number of aryl methyl sites for hydroxylation is 1. The summed E-state index contributed by atoms with van der Waals surface area (Å²) in [6.07, 6.45) is 3.69. The highest BCUT2D eigenvalue weighted by Crippen LogP contribution is 2.17. The van der Waals surface area contributed by atoms with Crippen molar-refractivity contribution >= 4 is 15.9 Å². The van der Waals surface area contributed by atoms with E-state index >= 15 is 0 Å². The van der Waals surface area contributed by atoms with Gasteiger partial charge in [-0.05, 0) is 52.5 Å². The minimum Gasteiger partial charge on any atom is -0.306 e. The van der Waals surface area contributed by atoms with Crippen LogP contribution < -0.4 is 5.32 Å². The molecule has 1 heterocycles. The summed E-state index contributed by atoms with van der Waals surface area (Å²) in [5.74, 6) is 0. The number of pyridine rings is 1. The van der Waals surface area contributed by atoms with Gasteiger partial charge in [0.2, 0.25) is 0 Å². The van der Waals surface area contributed by atoms with Crippen LogP contribution in [0.15, 0.2) is 47.2 Å². The Morgan fingerprint density at radius 1 is 1.28 bits per heavy atom. The summed E-state index contributed by atoms with van der Waals surface area (Å²) in [6, 6.07) is 10.9. The Balaban J connectivity index is 2.00. The van der Waals surface area contributed by atoms with Gasteiger partial charge in [0.15, 0.2) is 0 Å². The van der Waals surface area contributed by atoms with Gasteiger partial charge in [0.05, 0.1) is 0 Å². The fourth-order valence-corrected chi connectivity index (χ4v) is 2.42. The second kappa shape index (κ2) is 6.12. The van der Waals surface area contributed by atoms with Crippen LogP contribution >= 0.6 is 15.9 Å². The van der Waals surface area contributed by atoms with Crippen LogP contribution in [-0.4, -0.2) is 4.98 Å². The van der Waals surface area contributed by atoms with E-state index in [-0.39, 0.29) is 0 Å². The molecule has 0 amide bonds. The van der Waals surface area contributed by atoms with Crippen molar-refractivity contribution in [2.75, 3.05) is 0 Å². The SMILES string of the molecule is Cc1ccccc1[C@H](C)NCc1cncc(Br)c1. The van der Waals surface area contributed by atoms with Crippen LogP contribution in [0.5, 0.6) is 0 Å². The molecule has 0 aliphatic heterocycles. The Bertz CT molecular complexity index is 525. The predicted molar refractivity (Wildman–Crippen MR) is 78.4 cm³/mol. The molecule has 18 heavy (non-hydrogen) atoms. The lowest BCUT2D eigenvalue weighted by atomic mass is 10.0. The Kier molecular flexibility index (Phi) is 4.50. The number of nitrogens with one attached hydrogen (secondary N) is 1. The largest absolute Gasteiger partial charge is 0.306 e. The van der Waals surface area contributed by atoms with Crippen LogP contribution in [0.4, 0.5) is 0 Å². The lowest BCUT2D eigenvalue weighted by Gasteiger charge is -2.16. The molecule has 94 valence electrons. The molecule has 0 aliphatic rings. The zero-order valence-corrected chi connectivity index (χ0v) is 12.2. The van der Waals surface area contributed by atoms with E-state index < -0.39 is 0 Å². The van der Waals surface area contributed by atoms with Gasteiger partial charge in [-0.15, -0.1) is 0 Å². The molecule has 0 radical (unpaired) electrons. The molecule has 2 nitrogen and oxygen atoms in total. The van der Waals surface area contributed by atoms with Gasteiger partial charge >= 0.3 is 0 Å². The van der Waals surface area contributed by atoms with E-state index in [1.54, 1.807) is 6.20 Å². The third-order valence-electron chi connectivity index (χ3n) is 3.03. The van der Waals surface area contributed by atoms with E-state index in [0.717, 1.165) is 11.0 Å². The van der Waals surface area contributed by atoms with Crippen molar-refractivity contribution in [2.45, 2.75) is 26.4 Å². The van der Waals surface area contributed by atoms with Crippen molar-refractivity contribution in [3.05, 3.63) is 63.9 Å². The number of nitrogens with zero attached hydrogens (tertiary/aromatic N) is 1. The van der Waals surface area contributed by atoms with Gasteiger partial charge in [0, 0.05) is 29.5 Å². The summed E-state index contributed by atoms with van der Waals surface area (Å²) >= 11 is 3.44. The Labute approximate surface area is 117 Å². The van der Waals surface area contributed by atoms with Gasteiger partial charge in [0.25, 0.3) is 0 Å². The first kappa shape index (κ1) is 13.2. The maximum absolute atomic E-state index is 4.17. The zero-order chi connectivity index (χ0) is 13.0. The van der Waals surface area contributed by atoms with Crippen LogP contribution in [-0.2, 0) is 6.54 Å². The standard InChI is InChI=1S/C15H17BrN2/c1-11-5-3-4-6-15(11)12(2)18-9-13-7-14(16)10-17-8-13/h3-8,10,12,18H,9H2,1-2H3/t12-/m0/s1. The third kappa shape index (κ3) is 3.40. The molecular weight excluding hydrogens is 288 g/mol. The molecule has 0 aliphatic carbocycles. The van der Waals surface area contributed by atoms with Crippen LogP contribution in [0.1, 0.15) is 29.7 Å². The van der Waals surface area contributed by atoms with E-state index in [1.165, 1.54) is 16.7 Å². The predicted octanol–water partition coefficient (Wildman–Crippen LogP) is 4.00. The summed E-state index contributed by atoms with van der Waals surface area (Å²) in [5.41, 5.74) is 3.86. The van der Waals surface area contributed by atoms with Crippen molar-refractivity contribution in [2.24, 2.45) is 0 Å². The van der Waals surface area contributed by atoms with E-state index in [1.807, 2.05) is 6.20 Å². The van der Waals surface area contributed by atoms with Crippen LogP contribution in [0.2, 0.25) is 0 Å². The second-order valence-corrected chi connectivity index (χ2v) is 5.39. The highest BCUT2D eigenvalue weighted by molar-refractivity contribution is 9.10. The maximum atomic E-state index is 4.17. The minimum absolute atomic E-state index is 0.338. The quantitative estimate of drug-likeness (QED) is 0.923. The summed E-state index contributed by atoms with van der Waals surface area (Å²) in [7, 11) is 0. The average molecular weight is 305 g/mol. The van der Waals surface area contributed by atoms with Gasteiger partial charge in [-0.3, -0.25) is 4.98 Å². The third-order valence-corrected chi connectivity index (χ3v) is 3.46. The Morgan fingerprint density at radius 3 is 2.78 bits per heavy atom. The van der Waals surface area contributed by atoms with Crippen LogP contribution in [0.3, 0.4) is 0 Å². The number of benzene rings is 1. The van der Waals surface area contributed by atoms with Gasteiger partial charge < -0.3 is 5.32 Å². The highest BCUT2D eigenvalue weighted by atomic mass is 79.9. The maximum Gasteiger partial charge on any atom is 0.0410 e.